The predicted octanol–water partition coefficient (Wildman–Crippen LogP) is 3.20. The summed E-state index contributed by atoms with van der Waals surface area (Å²) < 4.78 is 0. The van der Waals surface area contributed by atoms with E-state index >= 15 is 0 Å². The van der Waals surface area contributed by atoms with E-state index in [-0.39, 0.29) is 17.6 Å². The van der Waals surface area contributed by atoms with Gasteiger partial charge in [0, 0.05) is 6.54 Å². The first-order valence-electron chi connectivity index (χ1n) is 6.81. The summed E-state index contributed by atoms with van der Waals surface area (Å²) in [6.07, 6.45) is 0.769. The fourth-order valence-corrected chi connectivity index (χ4v) is 2.18. The molecular formula is C17H19NO2. The molecule has 0 aliphatic heterocycles. The number of carbonyl (C=O) groups excluding carboxylic acids is 1. The van der Waals surface area contributed by atoms with Gasteiger partial charge in [-0.15, -0.1) is 0 Å². The Morgan fingerprint density at radius 3 is 2.35 bits per heavy atom. The largest absolute Gasteiger partial charge is 0.508 e. The summed E-state index contributed by atoms with van der Waals surface area (Å²) in [5, 5.41) is 12.2. The number of phenolic OH excluding ortho intramolecular Hbond substituents is 1. The van der Waals surface area contributed by atoms with Crippen molar-refractivity contribution in [3.8, 4) is 5.75 Å². The van der Waals surface area contributed by atoms with Crippen LogP contribution in [0.25, 0.3) is 0 Å². The molecule has 0 saturated heterocycles. The molecular weight excluding hydrogens is 250 g/mol. The maximum absolute atomic E-state index is 12.3. The zero-order valence-electron chi connectivity index (χ0n) is 11.5. The number of carbonyl (C=O) groups is 1. The highest BCUT2D eigenvalue weighted by molar-refractivity contribution is 5.83. The standard InChI is InChI=1S/C17H19NO2/c1-2-16(14-6-4-3-5-7-14)17(20)18-12-13-8-10-15(19)11-9-13/h3-11,16,19H,2,12H2,1H3,(H,18,20). The van der Waals surface area contributed by atoms with E-state index in [0.29, 0.717) is 6.54 Å². The number of nitrogens with one attached hydrogen (secondary N) is 1. The van der Waals surface area contributed by atoms with Crippen LogP contribution in [-0.2, 0) is 11.3 Å². The van der Waals surface area contributed by atoms with Crippen LogP contribution >= 0.6 is 0 Å². The second-order valence-electron chi connectivity index (χ2n) is 4.76. The Kier molecular flexibility index (Phi) is 4.77. The molecule has 0 spiro atoms. The highest BCUT2D eigenvalue weighted by Gasteiger charge is 2.17. The van der Waals surface area contributed by atoms with Crippen molar-refractivity contribution in [3.63, 3.8) is 0 Å². The molecule has 0 aromatic heterocycles. The summed E-state index contributed by atoms with van der Waals surface area (Å²) in [7, 11) is 0. The average molecular weight is 269 g/mol. The van der Waals surface area contributed by atoms with Gasteiger partial charge >= 0.3 is 0 Å². The minimum absolute atomic E-state index is 0.0341. The lowest BCUT2D eigenvalue weighted by Gasteiger charge is -2.15. The molecule has 0 radical (unpaired) electrons. The minimum atomic E-state index is -0.117. The number of amides is 1. The maximum atomic E-state index is 12.3. The van der Waals surface area contributed by atoms with E-state index < -0.39 is 0 Å². The first-order chi connectivity index (χ1) is 9.70. The van der Waals surface area contributed by atoms with Gasteiger partial charge in [-0.2, -0.15) is 0 Å². The molecule has 0 aliphatic rings. The maximum Gasteiger partial charge on any atom is 0.227 e. The summed E-state index contributed by atoms with van der Waals surface area (Å²) in [6, 6.07) is 16.7. The van der Waals surface area contributed by atoms with E-state index in [9.17, 15) is 9.90 Å². The molecule has 0 aliphatic carbocycles. The third kappa shape index (κ3) is 3.60. The van der Waals surface area contributed by atoms with Crippen LogP contribution in [0.5, 0.6) is 5.75 Å². The lowest BCUT2D eigenvalue weighted by Crippen LogP contribution is -2.28. The first kappa shape index (κ1) is 14.1. The second-order valence-corrected chi connectivity index (χ2v) is 4.76. The van der Waals surface area contributed by atoms with Crippen LogP contribution < -0.4 is 5.32 Å². The Morgan fingerprint density at radius 2 is 1.75 bits per heavy atom. The van der Waals surface area contributed by atoms with E-state index in [4.69, 9.17) is 0 Å². The second kappa shape index (κ2) is 6.75. The van der Waals surface area contributed by atoms with Crippen LogP contribution in [0.15, 0.2) is 54.6 Å². The van der Waals surface area contributed by atoms with E-state index in [1.807, 2.05) is 37.3 Å². The van der Waals surface area contributed by atoms with Gasteiger partial charge in [0.2, 0.25) is 5.91 Å². The number of rotatable bonds is 5. The third-order valence-corrected chi connectivity index (χ3v) is 3.33. The minimum Gasteiger partial charge on any atom is -0.508 e. The quantitative estimate of drug-likeness (QED) is 0.875. The molecule has 1 unspecified atom stereocenters. The number of benzene rings is 2. The van der Waals surface area contributed by atoms with Crippen LogP contribution in [0, 0.1) is 0 Å². The van der Waals surface area contributed by atoms with Gasteiger partial charge in [-0.25, -0.2) is 0 Å². The van der Waals surface area contributed by atoms with Crippen molar-refractivity contribution in [2.45, 2.75) is 25.8 Å². The zero-order chi connectivity index (χ0) is 14.4. The van der Waals surface area contributed by atoms with Crippen LogP contribution in [0.2, 0.25) is 0 Å². The topological polar surface area (TPSA) is 49.3 Å². The fraction of sp³-hybridized carbons (Fsp3) is 0.235. The molecule has 1 amide bonds. The molecule has 0 saturated carbocycles. The Bertz CT molecular complexity index is 549. The average Bonchev–Trinajstić information content (AvgIpc) is 2.48. The van der Waals surface area contributed by atoms with Crippen LogP contribution in [0.1, 0.15) is 30.4 Å². The molecule has 1 atom stereocenters. The summed E-state index contributed by atoms with van der Waals surface area (Å²) in [5.41, 5.74) is 2.01. The number of aromatic hydroxyl groups is 1. The van der Waals surface area contributed by atoms with E-state index in [1.54, 1.807) is 24.3 Å². The van der Waals surface area contributed by atoms with E-state index in [2.05, 4.69) is 5.32 Å². The van der Waals surface area contributed by atoms with Crippen molar-refractivity contribution in [2.24, 2.45) is 0 Å². The van der Waals surface area contributed by atoms with Gasteiger partial charge < -0.3 is 10.4 Å². The Labute approximate surface area is 119 Å². The molecule has 2 rings (SSSR count). The smallest absolute Gasteiger partial charge is 0.227 e. The Hall–Kier alpha value is -2.29. The van der Waals surface area contributed by atoms with Crippen LogP contribution in [0.3, 0.4) is 0 Å². The molecule has 104 valence electrons. The normalized spacial score (nSPS) is 11.8. The first-order valence-corrected chi connectivity index (χ1v) is 6.81. The molecule has 0 bridgehead atoms. The van der Waals surface area contributed by atoms with Crippen molar-refractivity contribution in [2.75, 3.05) is 0 Å². The zero-order valence-corrected chi connectivity index (χ0v) is 11.5. The van der Waals surface area contributed by atoms with Crippen molar-refractivity contribution in [1.82, 2.24) is 5.32 Å². The van der Waals surface area contributed by atoms with Gasteiger partial charge in [-0.3, -0.25) is 4.79 Å². The molecule has 2 aromatic rings. The van der Waals surface area contributed by atoms with Gasteiger partial charge in [0.1, 0.15) is 5.75 Å². The van der Waals surface area contributed by atoms with Gasteiger partial charge in [0.05, 0.1) is 5.92 Å². The highest BCUT2D eigenvalue weighted by Crippen LogP contribution is 2.19. The van der Waals surface area contributed by atoms with Gasteiger partial charge in [0.25, 0.3) is 0 Å². The lowest BCUT2D eigenvalue weighted by atomic mass is 9.95. The lowest BCUT2D eigenvalue weighted by molar-refractivity contribution is -0.122. The van der Waals surface area contributed by atoms with Crippen molar-refractivity contribution in [1.29, 1.82) is 0 Å². The van der Waals surface area contributed by atoms with Crippen molar-refractivity contribution < 1.29 is 9.90 Å². The van der Waals surface area contributed by atoms with Gasteiger partial charge in [-0.1, -0.05) is 49.4 Å². The molecule has 3 nitrogen and oxygen atoms in total. The monoisotopic (exact) mass is 269 g/mol. The molecule has 2 aromatic carbocycles. The van der Waals surface area contributed by atoms with Crippen molar-refractivity contribution >= 4 is 5.91 Å². The number of hydrogen-bond donors (Lipinski definition) is 2. The number of hydrogen-bond acceptors (Lipinski definition) is 2. The molecule has 0 fully saturated rings. The Morgan fingerprint density at radius 1 is 1.10 bits per heavy atom. The molecule has 0 heterocycles. The molecule has 3 heteroatoms. The van der Waals surface area contributed by atoms with E-state index in [0.717, 1.165) is 17.5 Å². The third-order valence-electron chi connectivity index (χ3n) is 3.33. The van der Waals surface area contributed by atoms with Crippen LogP contribution in [0.4, 0.5) is 0 Å². The van der Waals surface area contributed by atoms with Crippen LogP contribution in [-0.4, -0.2) is 11.0 Å². The number of phenols is 1. The van der Waals surface area contributed by atoms with E-state index in [1.165, 1.54) is 0 Å². The summed E-state index contributed by atoms with van der Waals surface area (Å²) >= 11 is 0. The van der Waals surface area contributed by atoms with Gasteiger partial charge in [-0.05, 0) is 29.7 Å². The SMILES string of the molecule is CCC(C(=O)NCc1ccc(O)cc1)c1ccccc1. The predicted molar refractivity (Wildman–Crippen MR) is 79.4 cm³/mol. The summed E-state index contributed by atoms with van der Waals surface area (Å²) in [6.45, 7) is 2.49. The molecule has 20 heavy (non-hydrogen) atoms. The van der Waals surface area contributed by atoms with Gasteiger partial charge in [0.15, 0.2) is 0 Å². The van der Waals surface area contributed by atoms with Crippen molar-refractivity contribution in [3.05, 3.63) is 65.7 Å². The fourth-order valence-electron chi connectivity index (χ4n) is 2.18. The molecule has 2 N–H and O–H groups in total. The summed E-state index contributed by atoms with van der Waals surface area (Å²) in [5.74, 6) is 0.149. The summed E-state index contributed by atoms with van der Waals surface area (Å²) in [4.78, 5) is 12.3. The highest BCUT2D eigenvalue weighted by atomic mass is 16.3. The Balaban J connectivity index is 1.98.